The third-order valence-electron chi connectivity index (χ3n) is 2.34. The van der Waals surface area contributed by atoms with Crippen molar-refractivity contribution in [1.82, 2.24) is 0 Å². The molecule has 0 saturated carbocycles. The monoisotopic (exact) mass is 220 g/mol. The summed E-state index contributed by atoms with van der Waals surface area (Å²) in [5.74, 6) is -0.292. The van der Waals surface area contributed by atoms with Crippen molar-refractivity contribution in [2.24, 2.45) is 5.92 Å². The molecule has 0 aliphatic carbocycles. The minimum absolute atomic E-state index is 0.112. The molecule has 0 fully saturated rings. The van der Waals surface area contributed by atoms with E-state index in [4.69, 9.17) is 4.74 Å². The van der Waals surface area contributed by atoms with Gasteiger partial charge in [0, 0.05) is 17.9 Å². The van der Waals surface area contributed by atoms with Crippen LogP contribution in [0.4, 0.5) is 0 Å². The summed E-state index contributed by atoms with van der Waals surface area (Å²) in [5, 5.41) is 0. The second-order valence-electron chi connectivity index (χ2n) is 3.93. The molecule has 1 rings (SSSR count). The van der Waals surface area contributed by atoms with Crippen molar-refractivity contribution in [2.45, 2.75) is 20.3 Å². The van der Waals surface area contributed by atoms with E-state index in [2.05, 4.69) is 0 Å². The maximum atomic E-state index is 11.6. The Morgan fingerprint density at radius 1 is 1.25 bits per heavy atom. The Morgan fingerprint density at radius 2 is 1.88 bits per heavy atom. The van der Waals surface area contributed by atoms with E-state index in [1.165, 1.54) is 0 Å². The molecule has 0 saturated heterocycles. The summed E-state index contributed by atoms with van der Waals surface area (Å²) in [6, 6.07) is 7.23. The maximum absolute atomic E-state index is 11.6. The number of para-hydroxylation sites is 1. The molecule has 0 atom stereocenters. The molecule has 1 aromatic rings. The molecule has 0 radical (unpaired) electrons. The van der Waals surface area contributed by atoms with Crippen molar-refractivity contribution in [2.75, 3.05) is 7.11 Å². The van der Waals surface area contributed by atoms with Crippen LogP contribution < -0.4 is 4.74 Å². The van der Waals surface area contributed by atoms with E-state index >= 15 is 0 Å². The fourth-order valence-corrected chi connectivity index (χ4v) is 1.43. The second kappa shape index (κ2) is 5.45. The first-order valence-corrected chi connectivity index (χ1v) is 5.25. The molecule has 0 amide bonds. The highest BCUT2D eigenvalue weighted by molar-refractivity contribution is 6.38. The first kappa shape index (κ1) is 12.4. The Morgan fingerprint density at radius 3 is 2.44 bits per heavy atom. The quantitative estimate of drug-likeness (QED) is 0.713. The Labute approximate surface area is 95.4 Å². The third kappa shape index (κ3) is 2.92. The van der Waals surface area contributed by atoms with Crippen LogP contribution in [-0.4, -0.2) is 18.7 Å². The van der Waals surface area contributed by atoms with Gasteiger partial charge in [-0.3, -0.25) is 9.59 Å². The molecule has 3 heteroatoms. The smallest absolute Gasteiger partial charge is 0.203 e. The molecular weight excluding hydrogens is 204 g/mol. The topological polar surface area (TPSA) is 43.4 Å². The van der Waals surface area contributed by atoms with E-state index in [0.717, 1.165) is 5.56 Å². The van der Waals surface area contributed by atoms with Gasteiger partial charge in [0.05, 0.1) is 7.11 Å². The van der Waals surface area contributed by atoms with Gasteiger partial charge in [0.15, 0.2) is 0 Å². The maximum Gasteiger partial charge on any atom is 0.203 e. The summed E-state index contributed by atoms with van der Waals surface area (Å²) >= 11 is 0. The average Bonchev–Trinajstić information content (AvgIpc) is 2.28. The molecule has 0 spiro atoms. The molecule has 16 heavy (non-hydrogen) atoms. The number of benzene rings is 1. The molecule has 0 N–H and O–H groups in total. The van der Waals surface area contributed by atoms with Crippen molar-refractivity contribution >= 4 is 11.6 Å². The fraction of sp³-hybridized carbons (Fsp3) is 0.385. The largest absolute Gasteiger partial charge is 0.496 e. The van der Waals surface area contributed by atoms with E-state index in [1.54, 1.807) is 33.1 Å². The predicted molar refractivity (Wildman–Crippen MR) is 61.6 cm³/mol. The summed E-state index contributed by atoms with van der Waals surface area (Å²) in [4.78, 5) is 23.1. The lowest BCUT2D eigenvalue weighted by Gasteiger charge is -2.07. The first-order valence-electron chi connectivity index (χ1n) is 5.25. The van der Waals surface area contributed by atoms with Crippen molar-refractivity contribution in [1.29, 1.82) is 0 Å². The van der Waals surface area contributed by atoms with Gasteiger partial charge in [-0.05, 0) is 6.07 Å². The lowest BCUT2D eigenvalue weighted by molar-refractivity contribution is -0.138. The standard InChI is InChI=1S/C13H16O3/c1-9(2)13(15)11(14)8-10-6-4-5-7-12(10)16-3/h4-7,9H,8H2,1-3H3. The molecule has 1 aromatic carbocycles. The van der Waals surface area contributed by atoms with Gasteiger partial charge in [-0.2, -0.15) is 0 Å². The highest BCUT2D eigenvalue weighted by Crippen LogP contribution is 2.18. The van der Waals surface area contributed by atoms with Crippen LogP contribution in [0.2, 0.25) is 0 Å². The number of hydrogen-bond donors (Lipinski definition) is 0. The fourth-order valence-electron chi connectivity index (χ4n) is 1.43. The third-order valence-corrected chi connectivity index (χ3v) is 2.34. The molecule has 0 unspecified atom stereocenters. The van der Waals surface area contributed by atoms with Crippen molar-refractivity contribution < 1.29 is 14.3 Å². The lowest BCUT2D eigenvalue weighted by Crippen LogP contribution is -2.21. The summed E-state index contributed by atoms with van der Waals surface area (Å²) < 4.78 is 5.12. The van der Waals surface area contributed by atoms with Crippen LogP contribution in [0.1, 0.15) is 19.4 Å². The van der Waals surface area contributed by atoms with Crippen LogP contribution in [0.5, 0.6) is 5.75 Å². The highest BCUT2D eigenvalue weighted by Gasteiger charge is 2.18. The number of Topliss-reactive ketones (excluding diaryl/α,β-unsaturated/α-hetero) is 2. The van der Waals surface area contributed by atoms with E-state index in [9.17, 15) is 9.59 Å². The number of ether oxygens (including phenoxy) is 1. The molecule has 0 heterocycles. The summed E-state index contributed by atoms with van der Waals surface area (Å²) in [6.45, 7) is 3.45. The van der Waals surface area contributed by atoms with Gasteiger partial charge >= 0.3 is 0 Å². The second-order valence-corrected chi connectivity index (χ2v) is 3.93. The Bertz CT molecular complexity index is 394. The number of carbonyl (C=O) groups is 2. The number of hydrogen-bond acceptors (Lipinski definition) is 3. The van der Waals surface area contributed by atoms with Crippen LogP contribution in [0.15, 0.2) is 24.3 Å². The SMILES string of the molecule is COc1ccccc1CC(=O)C(=O)C(C)C. The zero-order valence-corrected chi connectivity index (χ0v) is 9.82. The zero-order chi connectivity index (χ0) is 12.1. The van der Waals surface area contributed by atoms with E-state index in [0.29, 0.717) is 5.75 Å². The zero-order valence-electron chi connectivity index (χ0n) is 9.82. The molecule has 0 bridgehead atoms. The van der Waals surface area contributed by atoms with Crippen LogP contribution in [-0.2, 0) is 16.0 Å². The van der Waals surface area contributed by atoms with Crippen molar-refractivity contribution in [3.63, 3.8) is 0 Å². The molecule has 86 valence electrons. The van der Waals surface area contributed by atoms with Gasteiger partial charge in [0.25, 0.3) is 0 Å². The number of ketones is 2. The van der Waals surface area contributed by atoms with Crippen LogP contribution in [0.3, 0.4) is 0 Å². The number of methoxy groups -OCH3 is 1. The van der Waals surface area contributed by atoms with Gasteiger partial charge in [-0.15, -0.1) is 0 Å². The summed E-state index contributed by atoms with van der Waals surface area (Å²) in [6.07, 6.45) is 0.112. The van der Waals surface area contributed by atoms with Gasteiger partial charge in [-0.1, -0.05) is 32.0 Å². The van der Waals surface area contributed by atoms with Crippen molar-refractivity contribution in [3.05, 3.63) is 29.8 Å². The molecule has 3 nitrogen and oxygen atoms in total. The highest BCUT2D eigenvalue weighted by atomic mass is 16.5. The Hall–Kier alpha value is -1.64. The molecule has 0 aliphatic heterocycles. The molecular formula is C13H16O3. The molecule has 0 aliphatic rings. The van der Waals surface area contributed by atoms with E-state index in [-0.39, 0.29) is 23.9 Å². The minimum Gasteiger partial charge on any atom is -0.496 e. The van der Waals surface area contributed by atoms with Gasteiger partial charge < -0.3 is 4.74 Å². The van der Waals surface area contributed by atoms with Gasteiger partial charge in [-0.25, -0.2) is 0 Å². The number of carbonyl (C=O) groups excluding carboxylic acids is 2. The summed E-state index contributed by atoms with van der Waals surface area (Å²) in [5.41, 5.74) is 0.754. The van der Waals surface area contributed by atoms with Crippen molar-refractivity contribution in [3.8, 4) is 5.75 Å². The normalized spacial score (nSPS) is 10.2. The van der Waals surface area contributed by atoms with E-state index < -0.39 is 0 Å². The van der Waals surface area contributed by atoms with Gasteiger partial charge in [0.2, 0.25) is 11.6 Å². The van der Waals surface area contributed by atoms with E-state index in [1.807, 2.05) is 12.1 Å². The van der Waals surface area contributed by atoms with Gasteiger partial charge in [0.1, 0.15) is 5.75 Å². The minimum atomic E-state index is -0.362. The average molecular weight is 220 g/mol. The Kier molecular flexibility index (Phi) is 4.23. The Balaban J connectivity index is 2.81. The van der Waals surface area contributed by atoms with Crippen LogP contribution >= 0.6 is 0 Å². The first-order chi connectivity index (χ1) is 7.56. The lowest BCUT2D eigenvalue weighted by atomic mass is 9.99. The predicted octanol–water partition coefficient (Wildman–Crippen LogP) is 2.03. The van der Waals surface area contributed by atoms with Crippen LogP contribution in [0, 0.1) is 5.92 Å². The van der Waals surface area contributed by atoms with Crippen LogP contribution in [0.25, 0.3) is 0 Å². The summed E-state index contributed by atoms with van der Waals surface area (Å²) in [7, 11) is 1.55. The molecule has 0 aromatic heterocycles. The number of rotatable bonds is 5.